The maximum atomic E-state index is 13.6. The van der Waals surface area contributed by atoms with E-state index in [4.69, 9.17) is 4.74 Å². The van der Waals surface area contributed by atoms with Gasteiger partial charge in [-0.05, 0) is 42.7 Å². The van der Waals surface area contributed by atoms with E-state index in [9.17, 15) is 9.18 Å². The van der Waals surface area contributed by atoms with Crippen molar-refractivity contribution in [3.8, 4) is 5.75 Å². The van der Waals surface area contributed by atoms with Gasteiger partial charge in [0, 0.05) is 55.5 Å². The van der Waals surface area contributed by atoms with Gasteiger partial charge in [0.1, 0.15) is 18.2 Å². The summed E-state index contributed by atoms with van der Waals surface area (Å²) in [5, 5.41) is 3.32. The van der Waals surface area contributed by atoms with Crippen LogP contribution in [0.2, 0.25) is 0 Å². The lowest BCUT2D eigenvalue weighted by Gasteiger charge is -2.39. The number of hydrogen-bond donors (Lipinski definition) is 1. The summed E-state index contributed by atoms with van der Waals surface area (Å²) in [7, 11) is 0. The van der Waals surface area contributed by atoms with E-state index in [-0.39, 0.29) is 23.2 Å². The van der Waals surface area contributed by atoms with Crippen LogP contribution < -0.4 is 10.1 Å². The molecule has 0 saturated carbocycles. The molecule has 1 N–H and O–H groups in total. The van der Waals surface area contributed by atoms with Crippen LogP contribution in [0.1, 0.15) is 41.9 Å². The molecule has 6 heteroatoms. The van der Waals surface area contributed by atoms with E-state index in [1.807, 2.05) is 48.7 Å². The summed E-state index contributed by atoms with van der Waals surface area (Å²) < 4.78 is 19.7. The summed E-state index contributed by atoms with van der Waals surface area (Å²) in [5.74, 6) is 0.838. The first-order chi connectivity index (χ1) is 16.1. The molecule has 2 aliphatic heterocycles. The number of ether oxygens (including phenoxy) is 1. The monoisotopic (exact) mass is 445 g/mol. The van der Waals surface area contributed by atoms with E-state index in [0.717, 1.165) is 54.9 Å². The van der Waals surface area contributed by atoms with Gasteiger partial charge in [-0.3, -0.25) is 14.7 Å². The Labute approximate surface area is 193 Å². The van der Waals surface area contributed by atoms with Gasteiger partial charge in [0.05, 0.1) is 5.54 Å². The number of nitrogens with one attached hydrogen (secondary N) is 1. The third-order valence-corrected chi connectivity index (χ3v) is 6.78. The summed E-state index contributed by atoms with van der Waals surface area (Å²) in [5.41, 5.74) is 2.88. The van der Waals surface area contributed by atoms with Crippen molar-refractivity contribution in [1.29, 1.82) is 0 Å². The third-order valence-electron chi connectivity index (χ3n) is 6.78. The lowest BCUT2D eigenvalue weighted by molar-refractivity contribution is -0.125. The van der Waals surface area contributed by atoms with Crippen molar-refractivity contribution >= 4 is 5.91 Å². The highest BCUT2D eigenvalue weighted by Gasteiger charge is 2.49. The van der Waals surface area contributed by atoms with Gasteiger partial charge >= 0.3 is 0 Å². The Kier molecular flexibility index (Phi) is 6.09. The highest BCUT2D eigenvalue weighted by Crippen LogP contribution is 2.42. The number of pyridine rings is 1. The Hall–Kier alpha value is -3.25. The fourth-order valence-corrected chi connectivity index (χ4v) is 5.25. The predicted octanol–water partition coefficient (Wildman–Crippen LogP) is 4.44. The SMILES string of the molecule is O=C1CCC[C@]2(CN(Cc3ccccc3OCc3cccnc3)C[C@H]2c2ccc(F)cc2)N1. The molecule has 33 heavy (non-hydrogen) atoms. The molecule has 1 amide bonds. The fraction of sp³-hybridized carbons (Fsp3) is 0.333. The number of aromatic nitrogens is 1. The number of benzene rings is 2. The van der Waals surface area contributed by atoms with Crippen molar-refractivity contribution in [2.45, 2.75) is 43.9 Å². The molecule has 1 aromatic heterocycles. The summed E-state index contributed by atoms with van der Waals surface area (Å²) in [6.07, 6.45) is 5.94. The Morgan fingerprint density at radius 2 is 1.97 bits per heavy atom. The molecule has 5 nitrogen and oxygen atoms in total. The van der Waals surface area contributed by atoms with Crippen LogP contribution in [0, 0.1) is 5.82 Å². The first kappa shape index (κ1) is 21.6. The predicted molar refractivity (Wildman–Crippen MR) is 124 cm³/mol. The van der Waals surface area contributed by atoms with Crippen molar-refractivity contribution in [1.82, 2.24) is 15.2 Å². The summed E-state index contributed by atoms with van der Waals surface area (Å²) in [6, 6.07) is 18.7. The van der Waals surface area contributed by atoms with Crippen LogP contribution in [-0.2, 0) is 17.9 Å². The Morgan fingerprint density at radius 1 is 1.12 bits per heavy atom. The second-order valence-electron chi connectivity index (χ2n) is 9.09. The average Bonchev–Trinajstić information content (AvgIpc) is 3.16. The number of likely N-dealkylation sites (tertiary alicyclic amines) is 1. The van der Waals surface area contributed by atoms with Crippen molar-refractivity contribution in [2.24, 2.45) is 0 Å². The zero-order valence-electron chi connectivity index (χ0n) is 18.5. The number of amides is 1. The van der Waals surface area contributed by atoms with E-state index in [1.54, 1.807) is 6.20 Å². The lowest BCUT2D eigenvalue weighted by Crippen LogP contribution is -2.56. The summed E-state index contributed by atoms with van der Waals surface area (Å²) in [6.45, 7) is 2.74. The maximum Gasteiger partial charge on any atom is 0.220 e. The quantitative estimate of drug-likeness (QED) is 0.610. The molecule has 0 bridgehead atoms. The highest BCUT2D eigenvalue weighted by atomic mass is 19.1. The van der Waals surface area contributed by atoms with Crippen molar-refractivity contribution in [3.63, 3.8) is 0 Å². The molecular formula is C27H28FN3O2. The number of halogens is 1. The normalized spacial score (nSPS) is 22.9. The number of nitrogens with zero attached hydrogens (tertiary/aromatic N) is 2. The van der Waals surface area contributed by atoms with Crippen LogP contribution in [0.15, 0.2) is 73.1 Å². The largest absolute Gasteiger partial charge is 0.489 e. The van der Waals surface area contributed by atoms with Gasteiger partial charge < -0.3 is 10.1 Å². The van der Waals surface area contributed by atoms with Gasteiger partial charge in [-0.2, -0.15) is 0 Å². The first-order valence-electron chi connectivity index (χ1n) is 11.5. The Bertz CT molecular complexity index is 1110. The smallest absolute Gasteiger partial charge is 0.220 e. The molecule has 5 rings (SSSR count). The molecular weight excluding hydrogens is 417 g/mol. The molecule has 3 heterocycles. The zero-order valence-corrected chi connectivity index (χ0v) is 18.5. The van der Waals surface area contributed by atoms with Gasteiger partial charge in [-0.25, -0.2) is 4.39 Å². The van der Waals surface area contributed by atoms with E-state index in [0.29, 0.717) is 13.0 Å². The molecule has 170 valence electrons. The fourth-order valence-electron chi connectivity index (χ4n) is 5.25. The molecule has 0 aliphatic carbocycles. The van der Waals surface area contributed by atoms with Gasteiger partial charge in [0.2, 0.25) is 5.91 Å². The van der Waals surface area contributed by atoms with E-state index in [2.05, 4.69) is 21.3 Å². The Balaban J connectivity index is 1.36. The molecule has 2 aromatic carbocycles. The summed E-state index contributed by atoms with van der Waals surface area (Å²) in [4.78, 5) is 18.9. The minimum atomic E-state index is -0.321. The molecule has 0 unspecified atom stereocenters. The molecule has 2 aliphatic rings. The molecule has 2 saturated heterocycles. The number of carbonyl (C=O) groups is 1. The number of hydrogen-bond acceptors (Lipinski definition) is 4. The number of carbonyl (C=O) groups excluding carboxylic acids is 1. The molecule has 0 radical (unpaired) electrons. The van der Waals surface area contributed by atoms with Crippen LogP contribution in [0.5, 0.6) is 5.75 Å². The van der Waals surface area contributed by atoms with Crippen LogP contribution in [0.4, 0.5) is 4.39 Å². The van der Waals surface area contributed by atoms with Gasteiger partial charge in [-0.1, -0.05) is 36.4 Å². The molecule has 3 aromatic rings. The van der Waals surface area contributed by atoms with Gasteiger partial charge in [0.15, 0.2) is 0 Å². The van der Waals surface area contributed by atoms with E-state index in [1.165, 1.54) is 12.1 Å². The minimum absolute atomic E-state index is 0.107. The van der Waals surface area contributed by atoms with Crippen LogP contribution in [-0.4, -0.2) is 34.4 Å². The first-order valence-corrected chi connectivity index (χ1v) is 11.5. The zero-order chi connectivity index (χ0) is 22.7. The highest BCUT2D eigenvalue weighted by molar-refractivity contribution is 5.78. The molecule has 2 atom stereocenters. The van der Waals surface area contributed by atoms with Crippen molar-refractivity contribution in [2.75, 3.05) is 13.1 Å². The summed E-state index contributed by atoms with van der Waals surface area (Å²) >= 11 is 0. The number of piperidine rings is 1. The Morgan fingerprint density at radius 3 is 2.76 bits per heavy atom. The standard InChI is InChI=1S/C27H28FN3O2/c28-23-11-9-21(10-12-23)24-17-31(19-27(24)13-3-8-26(32)30-27)16-22-6-1-2-7-25(22)33-18-20-5-4-14-29-15-20/h1-2,4-7,9-12,14-15,24H,3,8,13,16-19H2,(H,30,32)/t24-,27+/m0/s1. The van der Waals surface area contributed by atoms with Crippen LogP contribution in [0.3, 0.4) is 0 Å². The topological polar surface area (TPSA) is 54.5 Å². The van der Waals surface area contributed by atoms with Crippen LogP contribution >= 0.6 is 0 Å². The second-order valence-corrected chi connectivity index (χ2v) is 9.09. The van der Waals surface area contributed by atoms with Crippen LogP contribution in [0.25, 0.3) is 0 Å². The number of para-hydroxylation sites is 1. The lowest BCUT2D eigenvalue weighted by atomic mass is 9.76. The second kappa shape index (κ2) is 9.32. The average molecular weight is 446 g/mol. The minimum Gasteiger partial charge on any atom is -0.489 e. The van der Waals surface area contributed by atoms with E-state index < -0.39 is 0 Å². The van der Waals surface area contributed by atoms with Gasteiger partial charge in [0.25, 0.3) is 0 Å². The van der Waals surface area contributed by atoms with Crippen molar-refractivity contribution < 1.29 is 13.9 Å². The van der Waals surface area contributed by atoms with Gasteiger partial charge in [-0.15, -0.1) is 0 Å². The maximum absolute atomic E-state index is 13.6. The third kappa shape index (κ3) is 4.76. The molecule has 2 fully saturated rings. The molecule has 1 spiro atoms. The number of rotatable bonds is 6. The van der Waals surface area contributed by atoms with E-state index >= 15 is 0 Å². The van der Waals surface area contributed by atoms with Crippen molar-refractivity contribution in [3.05, 3.63) is 95.6 Å².